The van der Waals surface area contributed by atoms with Crippen molar-refractivity contribution in [3.63, 3.8) is 0 Å². The second kappa shape index (κ2) is 9.58. The summed E-state index contributed by atoms with van der Waals surface area (Å²) in [7, 11) is 0. The highest BCUT2D eigenvalue weighted by molar-refractivity contribution is 6.30. The first-order valence-corrected chi connectivity index (χ1v) is 10.0. The second-order valence-electron chi connectivity index (χ2n) is 7.41. The van der Waals surface area contributed by atoms with Crippen LogP contribution in [0, 0.1) is 0 Å². The quantitative estimate of drug-likeness (QED) is 0.709. The molecule has 0 aromatic heterocycles. The van der Waals surface area contributed by atoms with Crippen LogP contribution in [0.1, 0.15) is 32.1 Å². The topological polar surface area (TPSA) is 91.1 Å². The van der Waals surface area contributed by atoms with Crippen LogP contribution in [0.25, 0.3) is 0 Å². The molecule has 7 nitrogen and oxygen atoms in total. The zero-order valence-electron chi connectivity index (χ0n) is 15.9. The summed E-state index contributed by atoms with van der Waals surface area (Å²) in [6.45, 7) is 2.00. The molecule has 2 amide bonds. The van der Waals surface area contributed by atoms with E-state index in [1.165, 1.54) is 0 Å². The van der Waals surface area contributed by atoms with Crippen molar-refractivity contribution < 1.29 is 23.8 Å². The minimum atomic E-state index is -0.955. The zero-order chi connectivity index (χ0) is 20.0. The summed E-state index contributed by atoms with van der Waals surface area (Å²) >= 11 is 5.89. The fraction of sp³-hybridized carbons (Fsp3) is 0.600. The highest BCUT2D eigenvalue weighted by Crippen LogP contribution is 2.26. The average Bonchev–Trinajstić information content (AvgIpc) is 3.19. The number of nitrogens with two attached hydrogens (primary N) is 1. The number of nitrogens with zero attached hydrogens (tertiary/aromatic N) is 1. The molecule has 2 aliphatic rings. The molecule has 154 valence electrons. The molecule has 2 N–H and O–H groups in total. The molecule has 2 heterocycles. The average molecular weight is 411 g/mol. The van der Waals surface area contributed by atoms with E-state index in [0.717, 1.165) is 25.9 Å². The van der Waals surface area contributed by atoms with E-state index in [4.69, 9.17) is 31.5 Å². The van der Waals surface area contributed by atoms with Gasteiger partial charge in [0.15, 0.2) is 0 Å². The van der Waals surface area contributed by atoms with Gasteiger partial charge in [0.1, 0.15) is 18.0 Å². The van der Waals surface area contributed by atoms with E-state index in [-0.39, 0.29) is 31.6 Å². The summed E-state index contributed by atoms with van der Waals surface area (Å²) in [5.74, 6) is 0.158. The molecular weight excluding hydrogens is 384 g/mol. The van der Waals surface area contributed by atoms with E-state index >= 15 is 0 Å². The van der Waals surface area contributed by atoms with Crippen molar-refractivity contribution in [2.75, 3.05) is 32.9 Å². The first kappa shape index (κ1) is 20.9. The highest BCUT2D eigenvalue weighted by atomic mass is 35.5. The molecule has 28 heavy (non-hydrogen) atoms. The summed E-state index contributed by atoms with van der Waals surface area (Å²) in [4.78, 5) is 26.1. The number of benzene rings is 1. The number of ether oxygens (including phenoxy) is 3. The predicted molar refractivity (Wildman–Crippen MR) is 104 cm³/mol. The molecule has 2 saturated heterocycles. The van der Waals surface area contributed by atoms with Crippen LogP contribution in [-0.2, 0) is 19.1 Å². The number of primary amides is 1. The number of rotatable bonds is 8. The minimum Gasteiger partial charge on any atom is -0.490 e. The molecule has 0 unspecified atom stereocenters. The molecule has 2 atom stereocenters. The fourth-order valence-corrected chi connectivity index (χ4v) is 3.81. The second-order valence-corrected chi connectivity index (χ2v) is 7.84. The summed E-state index contributed by atoms with van der Waals surface area (Å²) in [6.07, 6.45) is 3.37. The van der Waals surface area contributed by atoms with Gasteiger partial charge in [-0.3, -0.25) is 9.59 Å². The zero-order valence-corrected chi connectivity index (χ0v) is 16.7. The molecule has 8 heteroatoms. The van der Waals surface area contributed by atoms with Crippen molar-refractivity contribution >= 4 is 23.4 Å². The molecular formula is C20H27ClN2O5. The van der Waals surface area contributed by atoms with E-state index in [9.17, 15) is 9.59 Å². The van der Waals surface area contributed by atoms with Crippen molar-refractivity contribution in [1.29, 1.82) is 0 Å². The molecule has 1 aromatic carbocycles. The number of halogens is 1. The van der Waals surface area contributed by atoms with Gasteiger partial charge >= 0.3 is 0 Å². The minimum absolute atomic E-state index is 0.0178. The van der Waals surface area contributed by atoms with Crippen molar-refractivity contribution in [3.8, 4) is 5.75 Å². The maximum atomic E-state index is 12.7. The number of carbonyl (C=O) groups excluding carboxylic acids is 2. The van der Waals surface area contributed by atoms with Gasteiger partial charge in [-0.1, -0.05) is 11.6 Å². The van der Waals surface area contributed by atoms with Gasteiger partial charge in [0.25, 0.3) is 0 Å². The number of hydrogen-bond donors (Lipinski definition) is 1. The van der Waals surface area contributed by atoms with Crippen LogP contribution >= 0.6 is 11.6 Å². The Morgan fingerprint density at radius 1 is 1.29 bits per heavy atom. The third kappa shape index (κ3) is 5.83. The van der Waals surface area contributed by atoms with E-state index in [1.54, 1.807) is 29.2 Å². The van der Waals surface area contributed by atoms with Gasteiger partial charge in [0.05, 0.1) is 25.7 Å². The van der Waals surface area contributed by atoms with Gasteiger partial charge in [-0.25, -0.2) is 0 Å². The van der Waals surface area contributed by atoms with Crippen LogP contribution < -0.4 is 10.5 Å². The lowest BCUT2D eigenvalue weighted by molar-refractivity contribution is -0.162. The number of morpholine rings is 1. The van der Waals surface area contributed by atoms with E-state index in [2.05, 4.69) is 0 Å². The van der Waals surface area contributed by atoms with Crippen molar-refractivity contribution in [1.82, 2.24) is 4.90 Å². The SMILES string of the molecule is NC(=O)C[C@@]1(COc2ccc(Cl)cc2)CN(C(=O)CC[C@@H]2CCCO2)CCO1. The van der Waals surface area contributed by atoms with Crippen LogP contribution in [0.15, 0.2) is 24.3 Å². The molecule has 3 rings (SSSR count). The summed E-state index contributed by atoms with van der Waals surface area (Å²) in [5.41, 5.74) is 4.49. The van der Waals surface area contributed by atoms with Gasteiger partial charge in [0, 0.05) is 24.6 Å². The molecule has 0 saturated carbocycles. The Labute approximate surface area is 170 Å². The van der Waals surface area contributed by atoms with Gasteiger partial charge in [-0.2, -0.15) is 0 Å². The van der Waals surface area contributed by atoms with E-state index in [1.807, 2.05) is 0 Å². The lowest BCUT2D eigenvalue weighted by Crippen LogP contribution is -2.58. The van der Waals surface area contributed by atoms with E-state index in [0.29, 0.717) is 30.3 Å². The van der Waals surface area contributed by atoms with Gasteiger partial charge in [-0.05, 0) is 43.5 Å². The van der Waals surface area contributed by atoms with Crippen molar-refractivity contribution in [2.45, 2.75) is 43.8 Å². The molecule has 2 aliphatic heterocycles. The maximum absolute atomic E-state index is 12.7. The van der Waals surface area contributed by atoms with Gasteiger partial charge in [0.2, 0.25) is 11.8 Å². The van der Waals surface area contributed by atoms with Crippen LogP contribution in [-0.4, -0.2) is 61.3 Å². The molecule has 0 spiro atoms. The third-order valence-corrected chi connectivity index (χ3v) is 5.37. The predicted octanol–water partition coefficient (Wildman–Crippen LogP) is 2.15. The van der Waals surface area contributed by atoms with Crippen LogP contribution in [0.3, 0.4) is 0 Å². The fourth-order valence-electron chi connectivity index (χ4n) is 3.68. The number of hydrogen-bond acceptors (Lipinski definition) is 5. The first-order valence-electron chi connectivity index (χ1n) is 9.66. The summed E-state index contributed by atoms with van der Waals surface area (Å²) < 4.78 is 17.3. The Morgan fingerprint density at radius 2 is 2.07 bits per heavy atom. The molecule has 0 radical (unpaired) electrons. The highest BCUT2D eigenvalue weighted by Gasteiger charge is 2.41. The Balaban J connectivity index is 1.60. The van der Waals surface area contributed by atoms with Crippen molar-refractivity contribution in [3.05, 3.63) is 29.3 Å². The smallest absolute Gasteiger partial charge is 0.222 e. The Hall–Kier alpha value is -1.83. The molecule has 0 bridgehead atoms. The van der Waals surface area contributed by atoms with Crippen LogP contribution in [0.2, 0.25) is 5.02 Å². The van der Waals surface area contributed by atoms with Crippen molar-refractivity contribution in [2.24, 2.45) is 5.73 Å². The monoisotopic (exact) mass is 410 g/mol. The van der Waals surface area contributed by atoms with Crippen LogP contribution in [0.5, 0.6) is 5.75 Å². The standard InChI is InChI=1S/C20H27ClN2O5/c21-15-3-5-17(6-4-15)27-14-20(12-18(22)24)13-23(9-11-28-20)19(25)8-7-16-2-1-10-26-16/h3-6,16H,1-2,7-14H2,(H2,22,24)/t16-,20-/m0/s1. The largest absolute Gasteiger partial charge is 0.490 e. The molecule has 1 aromatic rings. The maximum Gasteiger partial charge on any atom is 0.222 e. The lowest BCUT2D eigenvalue weighted by atomic mass is 9.97. The Kier molecular flexibility index (Phi) is 7.15. The van der Waals surface area contributed by atoms with Gasteiger partial charge in [-0.15, -0.1) is 0 Å². The Bertz CT molecular complexity index is 678. The Morgan fingerprint density at radius 3 is 2.75 bits per heavy atom. The molecule has 2 fully saturated rings. The normalized spacial score (nSPS) is 24.9. The summed E-state index contributed by atoms with van der Waals surface area (Å²) in [6, 6.07) is 6.93. The molecule has 0 aliphatic carbocycles. The number of carbonyl (C=O) groups is 2. The number of amides is 2. The lowest BCUT2D eigenvalue weighted by Gasteiger charge is -2.42. The van der Waals surface area contributed by atoms with Crippen LogP contribution in [0.4, 0.5) is 0 Å². The summed E-state index contributed by atoms with van der Waals surface area (Å²) in [5, 5.41) is 0.608. The van der Waals surface area contributed by atoms with Gasteiger partial charge < -0.3 is 24.8 Å². The third-order valence-electron chi connectivity index (χ3n) is 5.12. The van der Waals surface area contributed by atoms with E-state index < -0.39 is 11.5 Å². The first-order chi connectivity index (χ1) is 13.5.